The Hall–Kier alpha value is -4.38. The van der Waals surface area contributed by atoms with Crippen molar-refractivity contribution in [3.05, 3.63) is 109 Å². The van der Waals surface area contributed by atoms with Crippen molar-refractivity contribution in [3.8, 4) is 28.4 Å². The number of furan rings is 1. The van der Waals surface area contributed by atoms with E-state index in [2.05, 4.69) is 24.3 Å². The fourth-order valence-electron chi connectivity index (χ4n) is 4.14. The average Bonchev–Trinajstić information content (AvgIpc) is 3.47. The molecule has 0 bridgehead atoms. The highest BCUT2D eigenvalue weighted by molar-refractivity contribution is 5.98. The summed E-state index contributed by atoms with van der Waals surface area (Å²) in [7, 11) is 0. The molecule has 0 aliphatic heterocycles. The Morgan fingerprint density at radius 2 is 1.62 bits per heavy atom. The molecule has 0 aliphatic rings. The Morgan fingerprint density at radius 1 is 0.812 bits per heavy atom. The van der Waals surface area contributed by atoms with Crippen molar-refractivity contribution in [1.82, 2.24) is 14.4 Å². The van der Waals surface area contributed by atoms with Crippen molar-refractivity contribution in [2.75, 3.05) is 0 Å². The van der Waals surface area contributed by atoms with Crippen molar-refractivity contribution < 1.29 is 9.52 Å². The highest BCUT2D eigenvalue weighted by Crippen LogP contribution is 2.34. The molecule has 0 spiro atoms. The Balaban J connectivity index is 1.65. The van der Waals surface area contributed by atoms with Crippen LogP contribution >= 0.6 is 0 Å². The molecule has 3 aromatic heterocycles. The third-order valence-electron chi connectivity index (χ3n) is 5.69. The van der Waals surface area contributed by atoms with Gasteiger partial charge in [0.2, 0.25) is 5.88 Å². The van der Waals surface area contributed by atoms with E-state index < -0.39 is 0 Å². The molecular formula is C27H19N3O2. The molecule has 0 atom stereocenters. The van der Waals surface area contributed by atoms with Gasteiger partial charge in [0.15, 0.2) is 5.65 Å². The van der Waals surface area contributed by atoms with Crippen LogP contribution < -0.4 is 0 Å². The molecule has 0 saturated heterocycles. The first-order chi connectivity index (χ1) is 15.8. The molecule has 0 radical (unpaired) electrons. The van der Waals surface area contributed by atoms with Crippen LogP contribution in [0.4, 0.5) is 0 Å². The molecule has 3 aromatic carbocycles. The van der Waals surface area contributed by atoms with Crippen LogP contribution in [0.2, 0.25) is 0 Å². The predicted molar refractivity (Wildman–Crippen MR) is 125 cm³/mol. The minimum absolute atomic E-state index is 0.0949. The third-order valence-corrected chi connectivity index (χ3v) is 5.69. The van der Waals surface area contributed by atoms with Crippen LogP contribution in [0.3, 0.4) is 0 Å². The summed E-state index contributed by atoms with van der Waals surface area (Å²) in [6, 6.07) is 28.1. The lowest BCUT2D eigenvalue weighted by Crippen LogP contribution is -1.97. The standard InChI is InChI=1S/C27H19N3O2/c31-27-23(16-20-12-7-15-32-20)29-26-25(22-14-6-11-18-8-4-5-13-21(18)22)28-24(17-30(26)27)19-9-2-1-3-10-19/h1-15,17,31H,16H2. The number of aromatic hydroxyl groups is 1. The zero-order valence-corrected chi connectivity index (χ0v) is 17.1. The number of rotatable bonds is 4. The van der Waals surface area contributed by atoms with Crippen molar-refractivity contribution in [2.24, 2.45) is 0 Å². The summed E-state index contributed by atoms with van der Waals surface area (Å²) in [6.07, 6.45) is 3.86. The average molecular weight is 417 g/mol. The molecule has 0 amide bonds. The Morgan fingerprint density at radius 3 is 2.47 bits per heavy atom. The number of nitrogens with zero attached hydrogens (tertiary/aromatic N) is 3. The lowest BCUT2D eigenvalue weighted by molar-refractivity contribution is 0.438. The van der Waals surface area contributed by atoms with Crippen molar-refractivity contribution in [3.63, 3.8) is 0 Å². The summed E-state index contributed by atoms with van der Waals surface area (Å²) >= 11 is 0. The Kier molecular flexibility index (Phi) is 4.25. The van der Waals surface area contributed by atoms with E-state index in [1.165, 1.54) is 0 Å². The minimum Gasteiger partial charge on any atom is -0.493 e. The van der Waals surface area contributed by atoms with Crippen molar-refractivity contribution in [2.45, 2.75) is 6.42 Å². The number of aromatic nitrogens is 3. The second-order valence-corrected chi connectivity index (χ2v) is 7.70. The molecule has 6 aromatic rings. The van der Waals surface area contributed by atoms with Crippen LogP contribution in [-0.2, 0) is 6.42 Å². The van der Waals surface area contributed by atoms with Crippen LogP contribution in [0.15, 0.2) is 102 Å². The van der Waals surface area contributed by atoms with Gasteiger partial charge in [-0.3, -0.25) is 4.40 Å². The zero-order chi connectivity index (χ0) is 21.5. The number of benzene rings is 3. The van der Waals surface area contributed by atoms with Gasteiger partial charge >= 0.3 is 0 Å². The van der Waals surface area contributed by atoms with E-state index in [9.17, 15) is 5.11 Å². The molecule has 0 unspecified atom stereocenters. The molecule has 5 nitrogen and oxygen atoms in total. The van der Waals surface area contributed by atoms with Gasteiger partial charge in [0.1, 0.15) is 17.1 Å². The highest BCUT2D eigenvalue weighted by Gasteiger charge is 2.20. The first-order valence-corrected chi connectivity index (χ1v) is 10.4. The number of hydrogen-bond donors (Lipinski definition) is 1. The molecule has 0 aliphatic carbocycles. The van der Waals surface area contributed by atoms with Crippen LogP contribution in [0, 0.1) is 0 Å². The van der Waals surface area contributed by atoms with Crippen LogP contribution in [-0.4, -0.2) is 19.5 Å². The van der Waals surface area contributed by atoms with Gasteiger partial charge in [-0.05, 0) is 22.9 Å². The van der Waals surface area contributed by atoms with Gasteiger partial charge in [-0.25, -0.2) is 9.97 Å². The van der Waals surface area contributed by atoms with E-state index in [-0.39, 0.29) is 5.88 Å². The maximum Gasteiger partial charge on any atom is 0.219 e. The lowest BCUT2D eigenvalue weighted by Gasteiger charge is -2.10. The second-order valence-electron chi connectivity index (χ2n) is 7.70. The van der Waals surface area contributed by atoms with Gasteiger partial charge in [0.05, 0.1) is 18.4 Å². The third kappa shape index (κ3) is 3.03. The second kappa shape index (κ2) is 7.39. The summed E-state index contributed by atoms with van der Waals surface area (Å²) in [5.74, 6) is 0.837. The molecule has 5 heteroatoms. The molecule has 0 fully saturated rings. The maximum absolute atomic E-state index is 11.1. The smallest absolute Gasteiger partial charge is 0.219 e. The number of hydrogen-bond acceptors (Lipinski definition) is 4. The Labute approximate surface area is 184 Å². The van der Waals surface area contributed by atoms with Crippen LogP contribution in [0.5, 0.6) is 5.88 Å². The van der Waals surface area contributed by atoms with Crippen molar-refractivity contribution >= 4 is 16.4 Å². The SMILES string of the molecule is Oc1c(Cc2ccco2)nc2c(-c3cccc4ccccc34)nc(-c3ccccc3)cn12. The molecule has 32 heavy (non-hydrogen) atoms. The quantitative estimate of drug-likeness (QED) is 0.376. The summed E-state index contributed by atoms with van der Waals surface area (Å²) < 4.78 is 7.20. The van der Waals surface area contributed by atoms with E-state index in [0.29, 0.717) is 17.8 Å². The largest absolute Gasteiger partial charge is 0.493 e. The number of fused-ring (bicyclic) bond motifs is 2. The van der Waals surface area contributed by atoms with E-state index in [1.54, 1.807) is 10.7 Å². The topological polar surface area (TPSA) is 63.6 Å². The van der Waals surface area contributed by atoms with Crippen molar-refractivity contribution in [1.29, 1.82) is 0 Å². The van der Waals surface area contributed by atoms with Gasteiger partial charge < -0.3 is 9.52 Å². The summed E-state index contributed by atoms with van der Waals surface area (Å²) in [6.45, 7) is 0. The Bertz CT molecular complexity index is 1550. The van der Waals surface area contributed by atoms with Gasteiger partial charge in [0.25, 0.3) is 0 Å². The predicted octanol–water partition coefficient (Wildman–Crippen LogP) is 6.11. The first kappa shape index (κ1) is 18.4. The highest BCUT2D eigenvalue weighted by atomic mass is 16.3. The lowest BCUT2D eigenvalue weighted by atomic mass is 10.0. The van der Waals surface area contributed by atoms with E-state index in [1.807, 2.05) is 66.9 Å². The van der Waals surface area contributed by atoms with Gasteiger partial charge in [-0.1, -0.05) is 72.8 Å². The fraction of sp³-hybridized carbons (Fsp3) is 0.0370. The van der Waals surface area contributed by atoms with E-state index in [4.69, 9.17) is 14.4 Å². The first-order valence-electron chi connectivity index (χ1n) is 10.4. The van der Waals surface area contributed by atoms with E-state index >= 15 is 0 Å². The molecule has 1 N–H and O–H groups in total. The van der Waals surface area contributed by atoms with E-state index in [0.717, 1.165) is 39.0 Å². The molecular weight excluding hydrogens is 398 g/mol. The molecule has 3 heterocycles. The van der Waals surface area contributed by atoms with Crippen LogP contribution in [0.25, 0.3) is 38.9 Å². The molecule has 6 rings (SSSR count). The fourth-order valence-corrected chi connectivity index (χ4v) is 4.14. The molecule has 154 valence electrons. The summed E-state index contributed by atoms with van der Waals surface area (Å²) in [5, 5.41) is 13.3. The normalized spacial score (nSPS) is 11.4. The van der Waals surface area contributed by atoms with Gasteiger partial charge in [-0.15, -0.1) is 0 Å². The summed E-state index contributed by atoms with van der Waals surface area (Å²) in [5.41, 5.74) is 4.59. The molecule has 0 saturated carbocycles. The van der Waals surface area contributed by atoms with Crippen LogP contribution in [0.1, 0.15) is 11.5 Å². The van der Waals surface area contributed by atoms with Gasteiger partial charge in [0, 0.05) is 17.3 Å². The summed E-state index contributed by atoms with van der Waals surface area (Å²) in [4.78, 5) is 9.82. The maximum atomic E-state index is 11.1. The monoisotopic (exact) mass is 417 g/mol. The minimum atomic E-state index is 0.0949. The van der Waals surface area contributed by atoms with Gasteiger partial charge in [-0.2, -0.15) is 0 Å². The zero-order valence-electron chi connectivity index (χ0n) is 17.1. The number of imidazole rings is 1.